The lowest BCUT2D eigenvalue weighted by Crippen LogP contribution is -2.08. The Kier molecular flexibility index (Phi) is 4.85. The average Bonchev–Trinajstić information content (AvgIpc) is 3.19. The number of aliphatic imine (C=N–C) groups is 1. The first kappa shape index (κ1) is 16.7. The maximum absolute atomic E-state index is 5.38. The van der Waals surface area contributed by atoms with Gasteiger partial charge in [-0.05, 0) is 41.5 Å². The van der Waals surface area contributed by atoms with Crippen LogP contribution in [0.4, 0.5) is 0 Å². The molecule has 1 aromatic carbocycles. The number of thioether (sulfide) groups is 2. The zero-order valence-corrected chi connectivity index (χ0v) is 15.7. The number of benzene rings is 1. The van der Waals surface area contributed by atoms with E-state index in [4.69, 9.17) is 14.5 Å². The third-order valence-corrected chi connectivity index (χ3v) is 6.35. The molecule has 0 radical (unpaired) electrons. The maximum atomic E-state index is 5.38. The van der Waals surface area contributed by atoms with Gasteiger partial charge in [-0.1, -0.05) is 11.8 Å². The highest BCUT2D eigenvalue weighted by molar-refractivity contribution is 8.14. The van der Waals surface area contributed by atoms with Crippen LogP contribution >= 0.6 is 23.5 Å². The van der Waals surface area contributed by atoms with Crippen molar-refractivity contribution in [2.45, 2.75) is 30.1 Å². The quantitative estimate of drug-likeness (QED) is 0.687. The van der Waals surface area contributed by atoms with Crippen molar-refractivity contribution in [1.29, 1.82) is 0 Å². The van der Waals surface area contributed by atoms with E-state index in [1.165, 1.54) is 12.8 Å². The van der Waals surface area contributed by atoms with Crippen LogP contribution in [0.1, 0.15) is 24.4 Å². The number of ether oxygens (including phenoxy) is 2. The highest BCUT2D eigenvalue weighted by atomic mass is 32.2. The smallest absolute Gasteiger partial charge is 0.209 e. The molecule has 0 N–H and O–H groups in total. The number of tetrazole rings is 1. The van der Waals surface area contributed by atoms with E-state index >= 15 is 0 Å². The molecular formula is C16H19N5O2S2. The van der Waals surface area contributed by atoms with E-state index < -0.39 is 0 Å². The van der Waals surface area contributed by atoms with Crippen molar-refractivity contribution in [2.24, 2.45) is 4.99 Å². The highest BCUT2D eigenvalue weighted by Gasteiger charge is 2.28. The second kappa shape index (κ2) is 7.25. The summed E-state index contributed by atoms with van der Waals surface area (Å²) in [6.45, 7) is 0. The predicted octanol–water partition coefficient (Wildman–Crippen LogP) is 2.68. The second-order valence-electron chi connectivity index (χ2n) is 5.92. The summed E-state index contributed by atoms with van der Waals surface area (Å²) < 4.78 is 12.6. The minimum Gasteiger partial charge on any atom is -0.493 e. The topological polar surface area (TPSA) is 74.4 Å². The zero-order chi connectivity index (χ0) is 17.2. The summed E-state index contributed by atoms with van der Waals surface area (Å²) in [6.07, 6.45) is 2.36. The number of hydrogen-bond acceptors (Lipinski definition) is 8. The van der Waals surface area contributed by atoms with Crippen LogP contribution in [0, 0.1) is 0 Å². The van der Waals surface area contributed by atoms with Gasteiger partial charge in [0.25, 0.3) is 0 Å². The molecule has 132 valence electrons. The molecule has 1 unspecified atom stereocenters. The van der Waals surface area contributed by atoms with Gasteiger partial charge < -0.3 is 9.47 Å². The summed E-state index contributed by atoms with van der Waals surface area (Å²) in [5, 5.41) is 14.0. The minimum atomic E-state index is 0.266. The molecule has 2 aromatic rings. The Morgan fingerprint density at radius 3 is 2.84 bits per heavy atom. The van der Waals surface area contributed by atoms with Crippen molar-refractivity contribution in [3.8, 4) is 11.5 Å². The van der Waals surface area contributed by atoms with Gasteiger partial charge in [0.05, 0.1) is 31.3 Å². The van der Waals surface area contributed by atoms with Gasteiger partial charge in [0.15, 0.2) is 11.5 Å². The van der Waals surface area contributed by atoms with Crippen molar-refractivity contribution in [3.05, 3.63) is 23.8 Å². The first-order valence-corrected chi connectivity index (χ1v) is 10.1. The molecule has 1 aliphatic heterocycles. The first-order chi connectivity index (χ1) is 12.3. The molecule has 4 rings (SSSR count). The lowest BCUT2D eigenvalue weighted by molar-refractivity contribution is 0.355. The fourth-order valence-corrected chi connectivity index (χ4v) is 4.78. The van der Waals surface area contributed by atoms with Crippen LogP contribution in [0.2, 0.25) is 0 Å². The molecule has 0 amide bonds. The van der Waals surface area contributed by atoms with Crippen molar-refractivity contribution in [3.63, 3.8) is 0 Å². The van der Waals surface area contributed by atoms with Gasteiger partial charge in [-0.25, -0.2) is 4.68 Å². The maximum Gasteiger partial charge on any atom is 0.209 e. The predicted molar refractivity (Wildman–Crippen MR) is 99.1 cm³/mol. The standard InChI is InChI=1S/C16H19N5O2S2/c1-22-13-6-3-10(7-14(13)23-2)15-17-11(8-24-15)9-25-16-18-19-20-21(16)12-4-5-12/h3,6-7,11-12H,4-5,8-9H2,1-2H3. The Hall–Kier alpha value is -1.74. The second-order valence-corrected chi connectivity index (χ2v) is 7.91. The third kappa shape index (κ3) is 3.62. The van der Waals surface area contributed by atoms with Crippen molar-refractivity contribution < 1.29 is 9.47 Å². The molecule has 9 heteroatoms. The fraction of sp³-hybridized carbons (Fsp3) is 0.500. The molecule has 1 aromatic heterocycles. The van der Waals surface area contributed by atoms with Crippen molar-refractivity contribution in [1.82, 2.24) is 20.2 Å². The summed E-state index contributed by atoms with van der Waals surface area (Å²) in [5.74, 6) is 3.32. The van der Waals surface area contributed by atoms with Crippen LogP contribution < -0.4 is 9.47 Å². The lowest BCUT2D eigenvalue weighted by Gasteiger charge is -2.09. The van der Waals surface area contributed by atoms with Gasteiger partial charge in [-0.15, -0.1) is 16.9 Å². The number of methoxy groups -OCH3 is 2. The summed E-state index contributed by atoms with van der Waals surface area (Å²) in [4.78, 5) is 4.86. The van der Waals surface area contributed by atoms with E-state index in [0.717, 1.165) is 38.8 Å². The Morgan fingerprint density at radius 1 is 1.24 bits per heavy atom. The van der Waals surface area contributed by atoms with Crippen LogP contribution in [0.15, 0.2) is 28.3 Å². The van der Waals surface area contributed by atoms with E-state index in [1.54, 1.807) is 37.7 Å². The summed E-state index contributed by atoms with van der Waals surface area (Å²) in [6, 6.07) is 6.69. The van der Waals surface area contributed by atoms with Crippen molar-refractivity contribution in [2.75, 3.05) is 25.7 Å². The Balaban J connectivity index is 1.42. The Morgan fingerprint density at radius 2 is 2.08 bits per heavy atom. The first-order valence-electron chi connectivity index (χ1n) is 8.12. The molecule has 0 bridgehead atoms. The molecule has 0 saturated heterocycles. The van der Waals surface area contributed by atoms with Gasteiger partial charge in [0.2, 0.25) is 5.16 Å². The summed E-state index contributed by atoms with van der Waals surface area (Å²) >= 11 is 3.47. The van der Waals surface area contributed by atoms with Crippen LogP contribution in [0.3, 0.4) is 0 Å². The van der Waals surface area contributed by atoms with Crippen LogP contribution in [0.5, 0.6) is 11.5 Å². The van der Waals surface area contributed by atoms with Gasteiger partial charge in [-0.3, -0.25) is 4.99 Å². The molecule has 2 aliphatic rings. The average molecular weight is 377 g/mol. The number of nitrogens with zero attached hydrogens (tertiary/aromatic N) is 5. The van der Waals surface area contributed by atoms with Gasteiger partial charge in [-0.2, -0.15) is 0 Å². The lowest BCUT2D eigenvalue weighted by atomic mass is 10.2. The molecule has 7 nitrogen and oxygen atoms in total. The number of rotatable bonds is 7. The summed E-state index contributed by atoms with van der Waals surface area (Å²) in [7, 11) is 3.29. The van der Waals surface area contributed by atoms with Crippen LogP contribution in [-0.4, -0.2) is 57.0 Å². The molecular weight excluding hydrogens is 358 g/mol. The van der Waals surface area contributed by atoms with E-state index in [9.17, 15) is 0 Å². The minimum absolute atomic E-state index is 0.266. The molecule has 25 heavy (non-hydrogen) atoms. The zero-order valence-electron chi connectivity index (χ0n) is 14.1. The van der Waals surface area contributed by atoms with Gasteiger partial charge >= 0.3 is 0 Å². The largest absolute Gasteiger partial charge is 0.493 e. The molecule has 1 atom stereocenters. The SMILES string of the molecule is COc1ccc(C2=NC(CSc3nnnn3C3CC3)CS2)cc1OC. The normalized spacial score (nSPS) is 19.8. The fourth-order valence-electron chi connectivity index (χ4n) is 2.63. The Bertz CT molecular complexity index is 791. The highest BCUT2D eigenvalue weighted by Crippen LogP contribution is 2.37. The van der Waals surface area contributed by atoms with Crippen molar-refractivity contribution >= 4 is 28.6 Å². The van der Waals surface area contributed by atoms with E-state index in [1.807, 2.05) is 22.9 Å². The van der Waals surface area contributed by atoms with E-state index in [0.29, 0.717) is 6.04 Å². The molecule has 1 aliphatic carbocycles. The van der Waals surface area contributed by atoms with Gasteiger partial charge in [0, 0.05) is 17.1 Å². The number of aromatic nitrogens is 4. The van der Waals surface area contributed by atoms with E-state index in [2.05, 4.69) is 15.5 Å². The molecule has 2 heterocycles. The monoisotopic (exact) mass is 377 g/mol. The number of hydrogen-bond donors (Lipinski definition) is 0. The van der Waals surface area contributed by atoms with Gasteiger partial charge in [0.1, 0.15) is 0 Å². The van der Waals surface area contributed by atoms with E-state index in [-0.39, 0.29) is 6.04 Å². The van der Waals surface area contributed by atoms with Crippen LogP contribution in [-0.2, 0) is 0 Å². The van der Waals surface area contributed by atoms with Crippen LogP contribution in [0.25, 0.3) is 0 Å². The molecule has 0 spiro atoms. The molecule has 1 saturated carbocycles. The Labute approximate surface area is 154 Å². The molecule has 1 fully saturated rings. The third-order valence-electron chi connectivity index (χ3n) is 4.10. The summed E-state index contributed by atoms with van der Waals surface area (Å²) in [5.41, 5.74) is 1.07.